The lowest BCUT2D eigenvalue weighted by Crippen LogP contribution is -2.31. The van der Waals surface area contributed by atoms with Crippen LogP contribution in [0, 0.1) is 25.2 Å². The Morgan fingerprint density at radius 3 is 2.52 bits per heavy atom. The van der Waals surface area contributed by atoms with Crippen molar-refractivity contribution in [3.63, 3.8) is 0 Å². The third kappa shape index (κ3) is 5.77. The molecule has 0 spiro atoms. The van der Waals surface area contributed by atoms with Crippen LogP contribution in [0.15, 0.2) is 35.1 Å². The molecule has 1 heterocycles. The van der Waals surface area contributed by atoms with Crippen LogP contribution < -0.4 is 16.2 Å². The van der Waals surface area contributed by atoms with Gasteiger partial charge in [-0.1, -0.05) is 0 Å². The lowest BCUT2D eigenvalue weighted by atomic mass is 10.1. The Labute approximate surface area is 169 Å². The minimum Gasteiger partial charge on any atom is -0.385 e. The zero-order valence-corrected chi connectivity index (χ0v) is 16.7. The predicted octanol–water partition coefficient (Wildman–Crippen LogP) is 1.74. The third-order valence-corrected chi connectivity index (χ3v) is 4.36. The number of pyridine rings is 1. The molecule has 0 aliphatic carbocycles. The third-order valence-electron chi connectivity index (χ3n) is 4.36. The number of carbonyl (C=O) groups excluding carboxylic acids is 2. The predicted molar refractivity (Wildman–Crippen MR) is 109 cm³/mol. The van der Waals surface area contributed by atoms with E-state index in [1.807, 2.05) is 6.07 Å². The van der Waals surface area contributed by atoms with Gasteiger partial charge in [-0.2, -0.15) is 5.26 Å². The van der Waals surface area contributed by atoms with Gasteiger partial charge in [-0.15, -0.1) is 0 Å². The van der Waals surface area contributed by atoms with Crippen molar-refractivity contribution in [1.82, 2.24) is 9.88 Å². The van der Waals surface area contributed by atoms with Crippen LogP contribution in [0.2, 0.25) is 0 Å². The number of nitrogens with zero attached hydrogens (tertiary/aromatic N) is 2. The number of methoxy groups -OCH3 is 1. The number of hydrogen-bond donors (Lipinski definition) is 2. The van der Waals surface area contributed by atoms with Gasteiger partial charge in [0.2, 0.25) is 5.91 Å². The first-order valence-corrected chi connectivity index (χ1v) is 9.15. The van der Waals surface area contributed by atoms with Crippen LogP contribution in [-0.4, -0.2) is 36.6 Å². The average Bonchev–Trinajstić information content (AvgIpc) is 2.69. The van der Waals surface area contributed by atoms with Crippen LogP contribution in [0.3, 0.4) is 0 Å². The Morgan fingerprint density at radius 2 is 1.90 bits per heavy atom. The van der Waals surface area contributed by atoms with Gasteiger partial charge in [0.15, 0.2) is 0 Å². The van der Waals surface area contributed by atoms with E-state index in [0.717, 1.165) is 6.42 Å². The van der Waals surface area contributed by atoms with Crippen LogP contribution in [0.5, 0.6) is 0 Å². The number of aromatic nitrogens is 1. The smallest absolute Gasteiger partial charge is 0.269 e. The van der Waals surface area contributed by atoms with Crippen molar-refractivity contribution in [3.8, 4) is 6.07 Å². The van der Waals surface area contributed by atoms with E-state index in [9.17, 15) is 14.4 Å². The van der Waals surface area contributed by atoms with Crippen molar-refractivity contribution in [3.05, 3.63) is 63.1 Å². The number of carbonyl (C=O) groups is 2. The minimum atomic E-state index is -0.486. The summed E-state index contributed by atoms with van der Waals surface area (Å²) in [5.74, 6) is -0.607. The van der Waals surface area contributed by atoms with Gasteiger partial charge >= 0.3 is 0 Å². The lowest BCUT2D eigenvalue weighted by molar-refractivity contribution is -0.116. The Bertz CT molecular complexity index is 987. The number of nitrogens with one attached hydrogen (secondary N) is 2. The van der Waals surface area contributed by atoms with Crippen LogP contribution in [-0.2, 0) is 16.1 Å². The molecule has 152 valence electrons. The van der Waals surface area contributed by atoms with Crippen molar-refractivity contribution in [2.24, 2.45) is 0 Å². The van der Waals surface area contributed by atoms with Crippen molar-refractivity contribution in [2.75, 3.05) is 25.6 Å². The molecule has 0 aliphatic rings. The number of nitriles is 1. The van der Waals surface area contributed by atoms with Crippen LogP contribution >= 0.6 is 0 Å². The number of hydrogen-bond acceptors (Lipinski definition) is 5. The first-order chi connectivity index (χ1) is 13.9. The molecule has 8 heteroatoms. The molecule has 8 nitrogen and oxygen atoms in total. The molecule has 1 aromatic carbocycles. The molecule has 2 amide bonds. The highest BCUT2D eigenvalue weighted by molar-refractivity contribution is 5.95. The quantitative estimate of drug-likeness (QED) is 0.660. The topological polar surface area (TPSA) is 113 Å². The second-order valence-corrected chi connectivity index (χ2v) is 6.57. The Morgan fingerprint density at radius 1 is 1.21 bits per heavy atom. The summed E-state index contributed by atoms with van der Waals surface area (Å²) in [6.07, 6.45) is 0.724. The molecule has 2 aromatic rings. The summed E-state index contributed by atoms with van der Waals surface area (Å²) in [5, 5.41) is 14.6. The fourth-order valence-corrected chi connectivity index (χ4v) is 2.83. The van der Waals surface area contributed by atoms with Crippen molar-refractivity contribution in [2.45, 2.75) is 26.8 Å². The Balaban J connectivity index is 2.01. The molecule has 0 saturated heterocycles. The molecule has 2 N–H and O–H groups in total. The fraction of sp³-hybridized carbons (Fsp3) is 0.333. The summed E-state index contributed by atoms with van der Waals surface area (Å²) in [7, 11) is 1.60. The standard InChI is InChI=1S/C21H24N4O4/c1-14-11-15(2)25(21(28)18(14)12-22)13-19(26)24-17-7-5-16(6-8-17)20(27)23-9-4-10-29-3/h5-8,11H,4,9-10,13H2,1-3H3,(H,23,27)(H,24,26). The number of rotatable bonds is 8. The fourth-order valence-electron chi connectivity index (χ4n) is 2.83. The Hall–Kier alpha value is -3.44. The highest BCUT2D eigenvalue weighted by Crippen LogP contribution is 2.11. The number of ether oxygens (including phenoxy) is 1. The monoisotopic (exact) mass is 396 g/mol. The second-order valence-electron chi connectivity index (χ2n) is 6.57. The molecular weight excluding hydrogens is 372 g/mol. The molecule has 29 heavy (non-hydrogen) atoms. The summed E-state index contributed by atoms with van der Waals surface area (Å²) < 4.78 is 6.20. The van der Waals surface area contributed by atoms with E-state index >= 15 is 0 Å². The molecule has 0 saturated carbocycles. The number of amides is 2. The normalized spacial score (nSPS) is 10.3. The molecule has 1 aromatic heterocycles. The zero-order valence-electron chi connectivity index (χ0n) is 16.7. The highest BCUT2D eigenvalue weighted by atomic mass is 16.5. The van der Waals surface area contributed by atoms with Gasteiger partial charge in [-0.05, 0) is 56.2 Å². The first-order valence-electron chi connectivity index (χ1n) is 9.15. The molecule has 2 rings (SSSR count). The van der Waals surface area contributed by atoms with Gasteiger partial charge in [0.1, 0.15) is 18.2 Å². The van der Waals surface area contributed by atoms with Crippen LogP contribution in [0.4, 0.5) is 5.69 Å². The largest absolute Gasteiger partial charge is 0.385 e. The maximum absolute atomic E-state index is 12.4. The maximum atomic E-state index is 12.4. The number of anilines is 1. The van der Waals surface area contributed by atoms with Gasteiger partial charge in [0.05, 0.1) is 0 Å². The van der Waals surface area contributed by atoms with Gasteiger partial charge in [0.25, 0.3) is 11.5 Å². The molecular formula is C21H24N4O4. The maximum Gasteiger partial charge on any atom is 0.269 e. The molecule has 0 bridgehead atoms. The van der Waals surface area contributed by atoms with E-state index in [1.165, 1.54) is 4.57 Å². The van der Waals surface area contributed by atoms with Gasteiger partial charge in [0, 0.05) is 37.2 Å². The van der Waals surface area contributed by atoms with E-state index in [4.69, 9.17) is 10.00 Å². The van der Waals surface area contributed by atoms with E-state index in [0.29, 0.717) is 35.7 Å². The Kier molecular flexibility index (Phi) is 7.69. The van der Waals surface area contributed by atoms with E-state index in [1.54, 1.807) is 51.3 Å². The average molecular weight is 396 g/mol. The first kappa shape index (κ1) is 21.9. The summed E-state index contributed by atoms with van der Waals surface area (Å²) in [6.45, 7) is 4.28. The molecule has 0 fully saturated rings. The molecule has 0 atom stereocenters. The SMILES string of the molecule is COCCCNC(=O)c1ccc(NC(=O)Cn2c(C)cc(C)c(C#N)c2=O)cc1. The minimum absolute atomic E-state index is 0.0317. The summed E-state index contributed by atoms with van der Waals surface area (Å²) in [5.41, 5.74) is 1.71. The van der Waals surface area contributed by atoms with Gasteiger partial charge < -0.3 is 19.9 Å². The van der Waals surface area contributed by atoms with E-state index in [-0.39, 0.29) is 18.0 Å². The second kappa shape index (κ2) is 10.2. The number of benzene rings is 1. The van der Waals surface area contributed by atoms with Gasteiger partial charge in [-0.25, -0.2) is 0 Å². The van der Waals surface area contributed by atoms with E-state index < -0.39 is 11.5 Å². The van der Waals surface area contributed by atoms with Crippen LogP contribution in [0.25, 0.3) is 0 Å². The number of aryl methyl sites for hydroxylation is 2. The zero-order chi connectivity index (χ0) is 21.4. The lowest BCUT2D eigenvalue weighted by Gasteiger charge is -2.12. The van der Waals surface area contributed by atoms with Gasteiger partial charge in [-0.3, -0.25) is 14.4 Å². The molecule has 0 radical (unpaired) electrons. The van der Waals surface area contributed by atoms with Crippen molar-refractivity contribution < 1.29 is 14.3 Å². The highest BCUT2D eigenvalue weighted by Gasteiger charge is 2.13. The summed E-state index contributed by atoms with van der Waals surface area (Å²) >= 11 is 0. The molecule has 0 unspecified atom stereocenters. The van der Waals surface area contributed by atoms with Crippen molar-refractivity contribution in [1.29, 1.82) is 5.26 Å². The summed E-state index contributed by atoms with van der Waals surface area (Å²) in [6, 6.07) is 10.0. The van der Waals surface area contributed by atoms with Crippen molar-refractivity contribution >= 4 is 17.5 Å². The van der Waals surface area contributed by atoms with Crippen LogP contribution in [0.1, 0.15) is 33.6 Å². The van der Waals surface area contributed by atoms with E-state index in [2.05, 4.69) is 10.6 Å². The molecule has 0 aliphatic heterocycles. The summed E-state index contributed by atoms with van der Waals surface area (Å²) in [4.78, 5) is 36.8.